The van der Waals surface area contributed by atoms with Crippen LogP contribution in [-0.4, -0.2) is 58.9 Å². The summed E-state index contributed by atoms with van der Waals surface area (Å²) >= 11 is 1.14. The summed E-state index contributed by atoms with van der Waals surface area (Å²) in [5, 5.41) is 11.6. The second-order valence-corrected chi connectivity index (χ2v) is 9.22. The fourth-order valence-corrected chi connectivity index (χ4v) is 3.81. The first-order valence-electron chi connectivity index (χ1n) is 8.01. The summed E-state index contributed by atoms with van der Waals surface area (Å²) in [5.74, 6) is -0.100. The number of amides is 1. The van der Waals surface area contributed by atoms with Crippen molar-refractivity contribution in [2.45, 2.75) is 6.42 Å². The molecule has 148 valence electrons. The molecule has 1 amide bonds. The molecule has 0 spiro atoms. The summed E-state index contributed by atoms with van der Waals surface area (Å²) in [6.45, 7) is 0.449. The van der Waals surface area contributed by atoms with E-state index in [-0.39, 0.29) is 52.4 Å². The molecule has 0 bridgehead atoms. The Balaban J connectivity index is 0.00000364. The molecule has 0 radical (unpaired) electrons. The molecular formula is C17H21IN2O5S2. The van der Waals surface area contributed by atoms with Gasteiger partial charge in [0.1, 0.15) is 12.4 Å². The maximum Gasteiger partial charge on any atom is 0.412 e. The highest BCUT2D eigenvalue weighted by atomic mass is 127. The van der Waals surface area contributed by atoms with Crippen molar-refractivity contribution in [3.05, 3.63) is 56.7 Å². The van der Waals surface area contributed by atoms with Crippen LogP contribution < -0.4 is 24.0 Å². The van der Waals surface area contributed by atoms with Crippen LogP contribution in [0.15, 0.2) is 41.1 Å². The van der Waals surface area contributed by atoms with E-state index in [1.54, 1.807) is 30.3 Å². The number of carbonyl (C=O) groups is 2. The number of hydrogen-bond acceptors (Lipinski definition) is 6. The topological polar surface area (TPSA) is 89.8 Å². The predicted molar refractivity (Wildman–Crippen MR) is 104 cm³/mol. The first-order valence-corrected chi connectivity index (χ1v) is 11.2. The first kappa shape index (κ1) is 23.8. The minimum absolute atomic E-state index is 0. The van der Waals surface area contributed by atoms with Gasteiger partial charge >= 0.3 is 11.7 Å². The Kier molecular flexibility index (Phi) is 10.2. The van der Waals surface area contributed by atoms with Crippen molar-refractivity contribution in [2.75, 3.05) is 37.2 Å². The molecule has 1 aromatic rings. The molecule has 27 heavy (non-hydrogen) atoms. The van der Waals surface area contributed by atoms with Crippen LogP contribution in [0.4, 0.5) is 0 Å². The molecule has 0 aromatic heterocycles. The average Bonchev–Trinajstić information content (AvgIpc) is 2.62. The summed E-state index contributed by atoms with van der Waals surface area (Å²) in [4.78, 5) is 37.2. The van der Waals surface area contributed by atoms with E-state index in [0.717, 1.165) is 11.8 Å². The number of hydrogen-bond donors (Lipinski definition) is 0. The van der Waals surface area contributed by atoms with Crippen molar-refractivity contribution < 1.29 is 43.2 Å². The number of nitrogens with zero attached hydrogens (tertiary/aromatic N) is 2. The normalized spacial score (nSPS) is 15.7. The van der Waals surface area contributed by atoms with E-state index >= 15 is 0 Å². The molecule has 0 aliphatic carbocycles. The maximum atomic E-state index is 12.8. The highest BCUT2D eigenvalue weighted by Crippen LogP contribution is 2.32. The molecule has 0 unspecified atom stereocenters. The van der Waals surface area contributed by atoms with Gasteiger partial charge in [-0.05, 0) is 29.4 Å². The highest BCUT2D eigenvalue weighted by molar-refractivity contribution is 8.03. The highest BCUT2D eigenvalue weighted by Gasteiger charge is 2.37. The van der Waals surface area contributed by atoms with E-state index < -0.39 is 16.6 Å². The monoisotopic (exact) mass is 524 g/mol. The lowest BCUT2D eigenvalue weighted by molar-refractivity contribution is -0.422. The zero-order valence-electron chi connectivity index (χ0n) is 15.1. The standard InChI is InChI=1S/C17H21N2O5S2.HI/c1-26(2)12-10-24-17(21)14(19(22)23)16-18(9-6-11-25-16)15(20)13-7-4-3-5-8-13;/h3-5,7-8H,6,9-12H2,1-2H3;1H/q+1;/p-1. The van der Waals surface area contributed by atoms with Crippen LogP contribution in [0.5, 0.6) is 0 Å². The van der Waals surface area contributed by atoms with E-state index in [4.69, 9.17) is 4.74 Å². The van der Waals surface area contributed by atoms with Crippen molar-refractivity contribution >= 4 is 34.5 Å². The number of esters is 1. The van der Waals surface area contributed by atoms with Gasteiger partial charge < -0.3 is 28.7 Å². The van der Waals surface area contributed by atoms with Crippen molar-refractivity contribution in [1.82, 2.24) is 4.90 Å². The quantitative estimate of drug-likeness (QED) is 0.120. The number of carbonyl (C=O) groups excluding carboxylic acids is 2. The molecule has 1 heterocycles. The number of thioether (sulfide) groups is 1. The molecule has 10 heteroatoms. The zero-order chi connectivity index (χ0) is 19.1. The average molecular weight is 524 g/mol. The maximum absolute atomic E-state index is 12.8. The number of nitro groups is 1. The summed E-state index contributed by atoms with van der Waals surface area (Å²) < 4.78 is 5.08. The molecule has 1 saturated heterocycles. The van der Waals surface area contributed by atoms with Gasteiger partial charge in [-0.1, -0.05) is 18.2 Å². The molecule has 7 nitrogen and oxygen atoms in total. The van der Waals surface area contributed by atoms with Crippen LogP contribution in [0.3, 0.4) is 0 Å². The van der Waals surface area contributed by atoms with Crippen molar-refractivity contribution in [3.63, 3.8) is 0 Å². The van der Waals surface area contributed by atoms with E-state index in [0.29, 0.717) is 30.0 Å². The van der Waals surface area contributed by atoms with Crippen LogP contribution in [0.1, 0.15) is 16.8 Å². The van der Waals surface area contributed by atoms with Crippen LogP contribution in [0.2, 0.25) is 0 Å². The Bertz CT molecular complexity index is 713. The minimum Gasteiger partial charge on any atom is -1.00 e. The van der Waals surface area contributed by atoms with Gasteiger partial charge in [0.05, 0.1) is 17.4 Å². The number of benzene rings is 1. The second-order valence-electron chi connectivity index (χ2n) is 5.76. The van der Waals surface area contributed by atoms with Gasteiger partial charge in [0.2, 0.25) is 0 Å². The second kappa shape index (κ2) is 11.5. The van der Waals surface area contributed by atoms with Gasteiger partial charge in [-0.25, -0.2) is 4.79 Å². The predicted octanol–water partition coefficient (Wildman–Crippen LogP) is -0.863. The van der Waals surface area contributed by atoms with E-state index in [1.165, 1.54) is 4.90 Å². The molecule has 1 fully saturated rings. The fraction of sp³-hybridized carbons (Fsp3) is 0.412. The Morgan fingerprint density at radius 1 is 1.30 bits per heavy atom. The van der Waals surface area contributed by atoms with Crippen LogP contribution in [-0.2, 0) is 20.4 Å². The van der Waals surface area contributed by atoms with Crippen molar-refractivity contribution in [3.8, 4) is 0 Å². The van der Waals surface area contributed by atoms with Crippen molar-refractivity contribution in [1.29, 1.82) is 0 Å². The molecule has 0 N–H and O–H groups in total. The van der Waals surface area contributed by atoms with Gasteiger partial charge in [-0.3, -0.25) is 19.8 Å². The third kappa shape index (κ3) is 6.68. The Morgan fingerprint density at radius 3 is 2.56 bits per heavy atom. The SMILES string of the molecule is C[S+](C)CCOC(=O)C(=C1SCCCN1C(=O)c1ccccc1)[N+](=O)[O-].[I-]. The minimum atomic E-state index is -0.990. The lowest BCUT2D eigenvalue weighted by Crippen LogP contribution is -3.00. The summed E-state index contributed by atoms with van der Waals surface area (Å²) in [5.41, 5.74) is -0.240. The Morgan fingerprint density at radius 2 is 1.96 bits per heavy atom. The van der Waals surface area contributed by atoms with Gasteiger partial charge in [-0.2, -0.15) is 0 Å². The third-order valence-electron chi connectivity index (χ3n) is 3.58. The van der Waals surface area contributed by atoms with Gasteiger partial charge in [0.25, 0.3) is 5.91 Å². The van der Waals surface area contributed by atoms with E-state index in [1.807, 2.05) is 12.5 Å². The van der Waals surface area contributed by atoms with Crippen LogP contribution >= 0.6 is 11.8 Å². The smallest absolute Gasteiger partial charge is 0.412 e. The third-order valence-corrected chi connectivity index (χ3v) is 5.74. The largest absolute Gasteiger partial charge is 1.00 e. The van der Waals surface area contributed by atoms with Gasteiger partial charge in [0, 0.05) is 17.9 Å². The van der Waals surface area contributed by atoms with Crippen molar-refractivity contribution in [2.24, 2.45) is 0 Å². The fourth-order valence-electron chi connectivity index (χ4n) is 2.31. The Hall–Kier alpha value is -1.27. The number of halogens is 1. The number of rotatable bonds is 6. The Labute approximate surface area is 182 Å². The number of ether oxygens (including phenoxy) is 1. The van der Waals surface area contributed by atoms with E-state index in [9.17, 15) is 19.7 Å². The summed E-state index contributed by atoms with van der Waals surface area (Å²) in [6.07, 6.45) is 4.69. The first-order chi connectivity index (χ1) is 12.4. The molecule has 0 atom stereocenters. The molecule has 1 aliphatic heterocycles. The van der Waals surface area contributed by atoms with E-state index in [2.05, 4.69) is 0 Å². The molecule has 1 aromatic carbocycles. The van der Waals surface area contributed by atoms with Gasteiger partial charge in [0.15, 0.2) is 5.03 Å². The lowest BCUT2D eigenvalue weighted by Gasteiger charge is -2.28. The molecule has 2 rings (SSSR count). The van der Waals surface area contributed by atoms with Gasteiger partial charge in [-0.15, -0.1) is 11.8 Å². The summed E-state index contributed by atoms with van der Waals surface area (Å²) in [7, 11) is 0.0672. The molecule has 1 aliphatic rings. The lowest BCUT2D eigenvalue weighted by atomic mass is 10.2. The summed E-state index contributed by atoms with van der Waals surface area (Å²) in [6, 6.07) is 8.53. The zero-order valence-corrected chi connectivity index (χ0v) is 18.8. The molecule has 0 saturated carbocycles. The van der Waals surface area contributed by atoms with Crippen LogP contribution in [0, 0.1) is 10.1 Å². The molecular weight excluding hydrogens is 503 g/mol. The van der Waals surface area contributed by atoms with Crippen LogP contribution in [0.25, 0.3) is 0 Å².